The van der Waals surface area contributed by atoms with Crippen molar-refractivity contribution in [3.8, 4) is 0 Å². The van der Waals surface area contributed by atoms with Crippen molar-refractivity contribution in [2.24, 2.45) is 0 Å². The Bertz CT molecular complexity index is 123. The van der Waals surface area contributed by atoms with Gasteiger partial charge in [-0.15, -0.1) is 6.58 Å². The second kappa shape index (κ2) is 5.35. The van der Waals surface area contributed by atoms with Gasteiger partial charge < -0.3 is 5.11 Å². The van der Waals surface area contributed by atoms with E-state index in [1.165, 1.54) is 0 Å². The average Bonchev–Trinajstić information content (AvgIpc) is 1.82. The van der Waals surface area contributed by atoms with E-state index >= 15 is 0 Å². The van der Waals surface area contributed by atoms with Crippen molar-refractivity contribution in [2.75, 3.05) is 5.75 Å². The van der Waals surface area contributed by atoms with E-state index in [2.05, 4.69) is 6.58 Å². The fourth-order valence-electron chi connectivity index (χ4n) is 0.537. The van der Waals surface area contributed by atoms with Crippen molar-refractivity contribution in [1.82, 2.24) is 0 Å². The predicted molar refractivity (Wildman–Crippen MR) is 44.4 cm³/mol. The third-order valence-electron chi connectivity index (χ3n) is 0.961. The molecule has 0 fully saturated rings. The summed E-state index contributed by atoms with van der Waals surface area (Å²) in [6, 6.07) is 0. The molecule has 0 spiro atoms. The zero-order valence-electron chi connectivity index (χ0n) is 6.04. The molecule has 0 aliphatic heterocycles. The molecule has 0 saturated carbocycles. The van der Waals surface area contributed by atoms with E-state index in [9.17, 15) is 4.79 Å². The molecule has 0 aliphatic carbocycles. The molecule has 0 aliphatic rings. The van der Waals surface area contributed by atoms with Gasteiger partial charge in [-0.3, -0.25) is 4.79 Å². The van der Waals surface area contributed by atoms with Crippen molar-refractivity contribution in [3.05, 3.63) is 12.7 Å². The van der Waals surface area contributed by atoms with Gasteiger partial charge >= 0.3 is 5.97 Å². The summed E-state index contributed by atoms with van der Waals surface area (Å²) in [5.74, 6) is 0.0955. The Labute approximate surface area is 65.3 Å². The summed E-state index contributed by atoms with van der Waals surface area (Å²) in [6.45, 7) is 5.45. The van der Waals surface area contributed by atoms with Crippen molar-refractivity contribution in [3.63, 3.8) is 0 Å². The SMILES string of the molecule is C=CCSC(C)CC(=O)O. The topological polar surface area (TPSA) is 37.3 Å². The van der Waals surface area contributed by atoms with Gasteiger partial charge in [0.15, 0.2) is 0 Å². The highest BCUT2D eigenvalue weighted by Crippen LogP contribution is 2.13. The maximum atomic E-state index is 10.1. The zero-order chi connectivity index (χ0) is 7.98. The van der Waals surface area contributed by atoms with E-state index in [-0.39, 0.29) is 11.7 Å². The Morgan fingerprint density at radius 3 is 2.90 bits per heavy atom. The third-order valence-corrected chi connectivity index (χ3v) is 2.12. The van der Waals surface area contributed by atoms with E-state index in [1.54, 1.807) is 17.8 Å². The molecule has 0 bridgehead atoms. The van der Waals surface area contributed by atoms with Gasteiger partial charge in [0.2, 0.25) is 0 Å². The number of hydrogen-bond donors (Lipinski definition) is 1. The molecule has 1 unspecified atom stereocenters. The maximum Gasteiger partial charge on any atom is 0.304 e. The van der Waals surface area contributed by atoms with Crippen LogP contribution in [0.15, 0.2) is 12.7 Å². The van der Waals surface area contributed by atoms with Gasteiger partial charge in [-0.1, -0.05) is 13.0 Å². The van der Waals surface area contributed by atoms with Crippen LogP contribution in [0, 0.1) is 0 Å². The minimum Gasteiger partial charge on any atom is -0.481 e. The van der Waals surface area contributed by atoms with Crippen LogP contribution in [0.1, 0.15) is 13.3 Å². The number of carbonyl (C=O) groups is 1. The summed E-state index contributed by atoms with van der Waals surface area (Å²) in [5, 5.41) is 8.53. The second-order valence-electron chi connectivity index (χ2n) is 2.03. The lowest BCUT2D eigenvalue weighted by molar-refractivity contribution is -0.136. The largest absolute Gasteiger partial charge is 0.481 e. The smallest absolute Gasteiger partial charge is 0.304 e. The summed E-state index contributed by atoms with van der Waals surface area (Å²) in [4.78, 5) is 10.1. The summed E-state index contributed by atoms with van der Waals surface area (Å²) >= 11 is 1.61. The lowest BCUT2D eigenvalue weighted by Crippen LogP contribution is -2.05. The van der Waals surface area contributed by atoms with E-state index in [0.29, 0.717) is 0 Å². The minimum atomic E-state index is -0.732. The van der Waals surface area contributed by atoms with Gasteiger partial charge in [-0.2, -0.15) is 11.8 Å². The summed E-state index contributed by atoms with van der Waals surface area (Å²) in [5.41, 5.74) is 0. The fourth-order valence-corrected chi connectivity index (χ4v) is 1.26. The Balaban J connectivity index is 3.33. The molecule has 0 aromatic rings. The number of carboxylic acid groups (broad SMARTS) is 1. The van der Waals surface area contributed by atoms with Crippen LogP contribution in [0.3, 0.4) is 0 Å². The Kier molecular flexibility index (Phi) is 5.12. The average molecular weight is 160 g/mol. The van der Waals surface area contributed by atoms with Crippen molar-refractivity contribution in [2.45, 2.75) is 18.6 Å². The summed E-state index contributed by atoms with van der Waals surface area (Å²) in [7, 11) is 0. The Hall–Kier alpha value is -0.440. The molecule has 0 aromatic carbocycles. The molecular weight excluding hydrogens is 148 g/mol. The number of carboxylic acids is 1. The monoisotopic (exact) mass is 160 g/mol. The first-order valence-corrected chi connectivity index (χ1v) is 4.16. The van der Waals surface area contributed by atoms with E-state index in [4.69, 9.17) is 5.11 Å². The lowest BCUT2D eigenvalue weighted by atomic mass is 10.3. The van der Waals surface area contributed by atoms with Crippen LogP contribution >= 0.6 is 11.8 Å². The highest BCUT2D eigenvalue weighted by Gasteiger charge is 2.05. The molecule has 3 heteroatoms. The highest BCUT2D eigenvalue weighted by atomic mass is 32.2. The van der Waals surface area contributed by atoms with Crippen molar-refractivity contribution >= 4 is 17.7 Å². The lowest BCUT2D eigenvalue weighted by Gasteiger charge is -2.04. The molecule has 0 radical (unpaired) electrons. The molecule has 58 valence electrons. The first-order valence-electron chi connectivity index (χ1n) is 3.11. The Morgan fingerprint density at radius 2 is 2.50 bits per heavy atom. The molecule has 2 nitrogen and oxygen atoms in total. The number of rotatable bonds is 5. The minimum absolute atomic E-state index is 0.190. The van der Waals surface area contributed by atoms with Crippen LogP contribution in [0.25, 0.3) is 0 Å². The predicted octanol–water partition coefficient (Wildman–Crippen LogP) is 1.77. The fraction of sp³-hybridized carbons (Fsp3) is 0.571. The molecule has 0 heterocycles. The van der Waals surface area contributed by atoms with Crippen molar-refractivity contribution in [1.29, 1.82) is 0 Å². The zero-order valence-corrected chi connectivity index (χ0v) is 6.86. The quantitative estimate of drug-likeness (QED) is 0.623. The van der Waals surface area contributed by atoms with E-state index in [1.807, 2.05) is 6.92 Å². The van der Waals surface area contributed by atoms with Crippen LogP contribution in [0.2, 0.25) is 0 Å². The van der Waals surface area contributed by atoms with Gasteiger partial charge in [0.05, 0.1) is 6.42 Å². The molecule has 0 amide bonds. The molecule has 10 heavy (non-hydrogen) atoms. The first kappa shape index (κ1) is 9.56. The summed E-state index contributed by atoms with van der Waals surface area (Å²) < 4.78 is 0. The standard InChI is InChI=1S/C7H12O2S/c1-3-4-10-6(2)5-7(8)9/h3,6H,1,4-5H2,2H3,(H,8,9). The molecule has 1 N–H and O–H groups in total. The molecule has 0 rings (SSSR count). The van der Waals surface area contributed by atoms with Crippen molar-refractivity contribution < 1.29 is 9.90 Å². The number of hydrogen-bond acceptors (Lipinski definition) is 2. The summed E-state index contributed by atoms with van der Waals surface area (Å²) in [6.07, 6.45) is 2.02. The van der Waals surface area contributed by atoms with Crippen LogP contribution in [-0.2, 0) is 4.79 Å². The maximum absolute atomic E-state index is 10.1. The van der Waals surface area contributed by atoms with Crippen LogP contribution in [0.5, 0.6) is 0 Å². The first-order chi connectivity index (χ1) is 4.66. The van der Waals surface area contributed by atoms with E-state index in [0.717, 1.165) is 5.75 Å². The Morgan fingerprint density at radius 1 is 1.90 bits per heavy atom. The van der Waals surface area contributed by atoms with Crippen LogP contribution in [-0.4, -0.2) is 22.1 Å². The van der Waals surface area contributed by atoms with Crippen LogP contribution in [0.4, 0.5) is 0 Å². The van der Waals surface area contributed by atoms with Gasteiger partial charge in [0.25, 0.3) is 0 Å². The van der Waals surface area contributed by atoms with Crippen LogP contribution < -0.4 is 0 Å². The molecule has 0 saturated heterocycles. The highest BCUT2D eigenvalue weighted by molar-refractivity contribution is 8.00. The second-order valence-corrected chi connectivity index (χ2v) is 3.50. The number of aliphatic carboxylic acids is 1. The molecule has 0 aromatic heterocycles. The van der Waals surface area contributed by atoms with E-state index < -0.39 is 5.97 Å². The molecular formula is C7H12O2S. The van der Waals surface area contributed by atoms with Gasteiger partial charge in [-0.05, 0) is 0 Å². The number of thioether (sulfide) groups is 1. The molecule has 1 atom stereocenters. The van der Waals surface area contributed by atoms with Gasteiger partial charge in [-0.25, -0.2) is 0 Å². The van der Waals surface area contributed by atoms with Gasteiger partial charge in [0, 0.05) is 11.0 Å². The van der Waals surface area contributed by atoms with Gasteiger partial charge in [0.1, 0.15) is 0 Å². The normalized spacial score (nSPS) is 12.5. The third kappa shape index (κ3) is 5.69.